The molecule has 10 heteroatoms. The predicted molar refractivity (Wildman–Crippen MR) is 123 cm³/mol. The molecule has 4 rings (SSSR count). The number of rotatable bonds is 8. The summed E-state index contributed by atoms with van der Waals surface area (Å²) in [6.45, 7) is -0.633. The molecule has 6 N–H and O–H groups in total. The molecule has 190 valence electrons. The van der Waals surface area contributed by atoms with Crippen LogP contribution in [0.15, 0.2) is 42.5 Å². The standard InChI is InChI=1S/C25H30O10/c1-32-19-10-14(5-6-17(19)28)24-16(11-26)15-9-13(4-7-18(15)34-24)3-2-8-33-25-23(31)22(30)21(29)20(12-27)35-25/h2-7,9-10,16,20-31H,8,11-12H2,1H3. The van der Waals surface area contributed by atoms with Crippen molar-refractivity contribution in [2.24, 2.45) is 0 Å². The molecule has 2 aromatic rings. The Kier molecular flexibility index (Phi) is 7.92. The molecule has 0 spiro atoms. The number of hydrogen-bond donors (Lipinski definition) is 6. The molecule has 0 saturated carbocycles. The summed E-state index contributed by atoms with van der Waals surface area (Å²) >= 11 is 0. The van der Waals surface area contributed by atoms with E-state index in [0.717, 1.165) is 16.7 Å². The van der Waals surface area contributed by atoms with Gasteiger partial charge in [-0.05, 0) is 35.4 Å². The van der Waals surface area contributed by atoms with E-state index in [-0.39, 0.29) is 24.9 Å². The molecule has 2 heterocycles. The van der Waals surface area contributed by atoms with Crippen LogP contribution in [0.4, 0.5) is 0 Å². The monoisotopic (exact) mass is 490 g/mol. The number of methoxy groups -OCH3 is 1. The molecular formula is C25H30O10. The Morgan fingerprint density at radius 2 is 1.77 bits per heavy atom. The van der Waals surface area contributed by atoms with Crippen LogP contribution in [0.3, 0.4) is 0 Å². The lowest BCUT2D eigenvalue weighted by Crippen LogP contribution is -2.59. The molecule has 35 heavy (non-hydrogen) atoms. The van der Waals surface area contributed by atoms with E-state index in [1.807, 2.05) is 18.2 Å². The maximum Gasteiger partial charge on any atom is 0.187 e. The van der Waals surface area contributed by atoms with E-state index >= 15 is 0 Å². The van der Waals surface area contributed by atoms with Crippen molar-refractivity contribution in [2.75, 3.05) is 26.9 Å². The number of aromatic hydroxyl groups is 1. The normalized spacial score (nSPS) is 30.3. The average molecular weight is 491 g/mol. The maximum absolute atomic E-state index is 10.1. The summed E-state index contributed by atoms with van der Waals surface area (Å²) in [5.41, 5.74) is 2.42. The van der Waals surface area contributed by atoms with Crippen LogP contribution in [-0.2, 0) is 9.47 Å². The summed E-state index contributed by atoms with van der Waals surface area (Å²) in [4.78, 5) is 0. The number of ether oxygens (including phenoxy) is 4. The highest BCUT2D eigenvalue weighted by Crippen LogP contribution is 2.47. The van der Waals surface area contributed by atoms with Crippen molar-refractivity contribution in [2.45, 2.75) is 42.7 Å². The first-order valence-corrected chi connectivity index (χ1v) is 11.2. The average Bonchev–Trinajstić information content (AvgIpc) is 3.24. The molecule has 0 aliphatic carbocycles. The Bertz CT molecular complexity index is 1040. The Morgan fingerprint density at radius 3 is 2.49 bits per heavy atom. The molecule has 1 saturated heterocycles. The molecule has 2 aliphatic heterocycles. The van der Waals surface area contributed by atoms with E-state index < -0.39 is 43.4 Å². The number of fused-ring (bicyclic) bond motifs is 1. The van der Waals surface area contributed by atoms with Crippen LogP contribution < -0.4 is 9.47 Å². The van der Waals surface area contributed by atoms with Crippen LogP contribution in [0.2, 0.25) is 0 Å². The fourth-order valence-corrected chi connectivity index (χ4v) is 4.36. The number of aliphatic hydroxyl groups is 5. The number of benzene rings is 2. The van der Waals surface area contributed by atoms with E-state index in [0.29, 0.717) is 11.5 Å². The van der Waals surface area contributed by atoms with Crippen LogP contribution in [0.1, 0.15) is 28.7 Å². The first-order valence-electron chi connectivity index (χ1n) is 11.2. The van der Waals surface area contributed by atoms with Crippen LogP contribution in [0.5, 0.6) is 17.2 Å². The minimum absolute atomic E-state index is 0.0191. The molecule has 7 atom stereocenters. The number of phenols is 1. The number of aliphatic hydroxyl groups excluding tert-OH is 5. The number of hydrogen-bond acceptors (Lipinski definition) is 10. The van der Waals surface area contributed by atoms with Gasteiger partial charge in [-0.15, -0.1) is 0 Å². The van der Waals surface area contributed by atoms with Crippen molar-refractivity contribution in [1.82, 2.24) is 0 Å². The summed E-state index contributed by atoms with van der Waals surface area (Å²) in [7, 11) is 1.46. The summed E-state index contributed by atoms with van der Waals surface area (Å²) in [5, 5.41) is 58.9. The van der Waals surface area contributed by atoms with Gasteiger partial charge < -0.3 is 49.6 Å². The second-order valence-corrected chi connectivity index (χ2v) is 8.49. The van der Waals surface area contributed by atoms with Gasteiger partial charge in [0.1, 0.15) is 36.3 Å². The van der Waals surface area contributed by atoms with Gasteiger partial charge in [-0.3, -0.25) is 0 Å². The second kappa shape index (κ2) is 10.9. The van der Waals surface area contributed by atoms with E-state index in [9.17, 15) is 30.6 Å². The summed E-state index contributed by atoms with van der Waals surface area (Å²) in [6.07, 6.45) is -3.60. The van der Waals surface area contributed by atoms with Crippen molar-refractivity contribution < 1.29 is 49.6 Å². The van der Waals surface area contributed by atoms with E-state index in [2.05, 4.69) is 0 Å². The molecule has 2 aromatic carbocycles. The van der Waals surface area contributed by atoms with Gasteiger partial charge in [0, 0.05) is 5.56 Å². The molecular weight excluding hydrogens is 460 g/mol. The van der Waals surface area contributed by atoms with Gasteiger partial charge in [0.05, 0.1) is 32.8 Å². The molecule has 10 nitrogen and oxygen atoms in total. The van der Waals surface area contributed by atoms with Crippen molar-refractivity contribution in [3.05, 3.63) is 59.2 Å². The van der Waals surface area contributed by atoms with Gasteiger partial charge in [-0.1, -0.05) is 24.3 Å². The van der Waals surface area contributed by atoms with Gasteiger partial charge in [0.2, 0.25) is 0 Å². The van der Waals surface area contributed by atoms with E-state index in [1.165, 1.54) is 13.2 Å². The van der Waals surface area contributed by atoms with E-state index in [4.69, 9.17) is 18.9 Å². The molecule has 7 unspecified atom stereocenters. The third kappa shape index (κ3) is 5.14. The van der Waals surface area contributed by atoms with Crippen molar-refractivity contribution in [3.8, 4) is 17.2 Å². The lowest BCUT2D eigenvalue weighted by molar-refractivity contribution is -0.298. The molecule has 0 amide bonds. The zero-order valence-electron chi connectivity index (χ0n) is 19.1. The number of phenolic OH excluding ortho intramolecular Hbond substituents is 1. The first kappa shape index (κ1) is 25.4. The molecule has 0 bridgehead atoms. The molecule has 0 aromatic heterocycles. The third-order valence-corrected chi connectivity index (χ3v) is 6.30. The second-order valence-electron chi connectivity index (χ2n) is 8.49. The largest absolute Gasteiger partial charge is 0.504 e. The Morgan fingerprint density at radius 1 is 0.971 bits per heavy atom. The van der Waals surface area contributed by atoms with Gasteiger partial charge in [0.15, 0.2) is 17.8 Å². The summed E-state index contributed by atoms with van der Waals surface area (Å²) in [6, 6.07) is 10.5. The maximum atomic E-state index is 10.1. The minimum atomic E-state index is -1.50. The SMILES string of the molecule is COc1cc(C2Oc3ccc(C=CCOC4OC(CO)C(O)C(O)C4O)cc3C2CO)ccc1O. The lowest BCUT2D eigenvalue weighted by atomic mass is 9.91. The first-order chi connectivity index (χ1) is 16.9. The van der Waals surface area contributed by atoms with Crippen LogP contribution in [-0.4, -0.2) is 88.3 Å². The fourth-order valence-electron chi connectivity index (χ4n) is 4.36. The molecule has 0 radical (unpaired) electrons. The van der Waals surface area contributed by atoms with Gasteiger partial charge in [0.25, 0.3) is 0 Å². The third-order valence-electron chi connectivity index (χ3n) is 6.30. The molecule has 1 fully saturated rings. The highest BCUT2D eigenvalue weighted by atomic mass is 16.7. The Hall–Kier alpha value is -2.70. The molecule has 2 aliphatic rings. The highest BCUT2D eigenvalue weighted by Gasteiger charge is 2.43. The van der Waals surface area contributed by atoms with Crippen molar-refractivity contribution in [1.29, 1.82) is 0 Å². The van der Waals surface area contributed by atoms with Crippen molar-refractivity contribution in [3.63, 3.8) is 0 Å². The fraction of sp³-hybridized carbons (Fsp3) is 0.440. The zero-order chi connectivity index (χ0) is 25.1. The summed E-state index contributed by atoms with van der Waals surface area (Å²) < 4.78 is 22.1. The summed E-state index contributed by atoms with van der Waals surface area (Å²) in [5.74, 6) is 0.668. The van der Waals surface area contributed by atoms with Gasteiger partial charge in [-0.2, -0.15) is 0 Å². The minimum Gasteiger partial charge on any atom is -0.504 e. The van der Waals surface area contributed by atoms with Gasteiger partial charge >= 0.3 is 0 Å². The zero-order valence-corrected chi connectivity index (χ0v) is 19.1. The Balaban J connectivity index is 1.42. The highest BCUT2D eigenvalue weighted by molar-refractivity contribution is 5.56. The predicted octanol–water partition coefficient (Wildman–Crippen LogP) is 0.440. The van der Waals surface area contributed by atoms with Gasteiger partial charge in [-0.25, -0.2) is 0 Å². The smallest absolute Gasteiger partial charge is 0.187 e. The Labute approximate surface area is 202 Å². The van der Waals surface area contributed by atoms with E-state index in [1.54, 1.807) is 24.3 Å². The lowest BCUT2D eigenvalue weighted by Gasteiger charge is -2.39. The quantitative estimate of drug-likeness (QED) is 0.307. The van der Waals surface area contributed by atoms with Crippen molar-refractivity contribution >= 4 is 6.08 Å². The topological polar surface area (TPSA) is 158 Å². The van der Waals surface area contributed by atoms with Crippen LogP contribution >= 0.6 is 0 Å². The van der Waals surface area contributed by atoms with Crippen LogP contribution in [0, 0.1) is 0 Å². The van der Waals surface area contributed by atoms with Crippen LogP contribution in [0.25, 0.3) is 6.08 Å².